The van der Waals surface area contributed by atoms with E-state index in [1.807, 2.05) is 18.1 Å². The number of amides is 2. The third-order valence-corrected chi connectivity index (χ3v) is 4.19. The molecule has 1 saturated heterocycles. The fourth-order valence-electron chi connectivity index (χ4n) is 2.41. The molecule has 5 nitrogen and oxygen atoms in total. The number of rotatable bonds is 6. The van der Waals surface area contributed by atoms with Crippen LogP contribution in [0, 0.1) is 5.92 Å². The van der Waals surface area contributed by atoms with E-state index in [1.165, 1.54) is 0 Å². The third kappa shape index (κ3) is 6.18. The first-order valence-electron chi connectivity index (χ1n) is 6.79. The van der Waals surface area contributed by atoms with E-state index in [0.717, 1.165) is 25.1 Å². The Hall–Kier alpha value is -0.910. The third-order valence-electron chi connectivity index (χ3n) is 3.36. The van der Waals surface area contributed by atoms with Gasteiger partial charge in [0.1, 0.15) is 0 Å². The molecule has 1 heterocycles. The molecule has 0 aromatic carbocycles. The lowest BCUT2D eigenvalue weighted by Gasteiger charge is -2.33. The molecule has 19 heavy (non-hydrogen) atoms. The second kappa shape index (κ2) is 8.30. The van der Waals surface area contributed by atoms with Crippen LogP contribution in [0.3, 0.4) is 0 Å². The van der Waals surface area contributed by atoms with Crippen LogP contribution in [0.15, 0.2) is 0 Å². The molecule has 0 aromatic rings. The van der Waals surface area contributed by atoms with Gasteiger partial charge in [0, 0.05) is 31.3 Å². The average Bonchev–Trinajstić information content (AvgIpc) is 2.37. The van der Waals surface area contributed by atoms with Crippen LogP contribution in [-0.2, 0) is 4.79 Å². The van der Waals surface area contributed by atoms with Crippen LogP contribution >= 0.6 is 11.8 Å². The van der Waals surface area contributed by atoms with Crippen LogP contribution in [0.4, 0.5) is 4.79 Å². The van der Waals surface area contributed by atoms with Crippen molar-refractivity contribution in [3.05, 3.63) is 0 Å². The molecule has 0 aromatic heterocycles. The monoisotopic (exact) mass is 288 g/mol. The van der Waals surface area contributed by atoms with E-state index in [2.05, 4.69) is 5.32 Å². The van der Waals surface area contributed by atoms with Crippen LogP contribution < -0.4 is 5.32 Å². The second-order valence-corrected chi connectivity index (χ2v) is 6.10. The van der Waals surface area contributed by atoms with Crippen LogP contribution in [0.1, 0.15) is 32.6 Å². The Balaban J connectivity index is 2.36. The van der Waals surface area contributed by atoms with Gasteiger partial charge in [0.05, 0.1) is 0 Å². The zero-order chi connectivity index (χ0) is 14.3. The summed E-state index contributed by atoms with van der Waals surface area (Å²) >= 11 is 1.71. The molecule has 6 heteroatoms. The summed E-state index contributed by atoms with van der Waals surface area (Å²) in [7, 11) is 0. The van der Waals surface area contributed by atoms with Crippen molar-refractivity contribution in [1.29, 1.82) is 0 Å². The van der Waals surface area contributed by atoms with Gasteiger partial charge in [-0.05, 0) is 38.4 Å². The molecule has 110 valence electrons. The lowest BCUT2D eigenvalue weighted by molar-refractivity contribution is -0.137. The van der Waals surface area contributed by atoms with Crippen LogP contribution in [0.5, 0.6) is 0 Å². The van der Waals surface area contributed by atoms with Gasteiger partial charge in [0.25, 0.3) is 0 Å². The van der Waals surface area contributed by atoms with Crippen molar-refractivity contribution in [2.75, 3.05) is 25.1 Å². The topological polar surface area (TPSA) is 69.6 Å². The number of hydrogen-bond acceptors (Lipinski definition) is 3. The highest BCUT2D eigenvalue weighted by Gasteiger charge is 2.24. The van der Waals surface area contributed by atoms with Gasteiger partial charge in [-0.15, -0.1) is 0 Å². The summed E-state index contributed by atoms with van der Waals surface area (Å²) in [5.41, 5.74) is 0. The molecule has 2 amide bonds. The van der Waals surface area contributed by atoms with Gasteiger partial charge in [-0.25, -0.2) is 4.79 Å². The average molecular weight is 288 g/mol. The van der Waals surface area contributed by atoms with Crippen molar-refractivity contribution in [2.45, 2.75) is 38.6 Å². The number of carbonyl (C=O) groups is 2. The highest BCUT2D eigenvalue weighted by Crippen LogP contribution is 2.21. The number of piperidine rings is 1. The molecule has 2 unspecified atom stereocenters. The molecule has 1 aliphatic heterocycles. The summed E-state index contributed by atoms with van der Waals surface area (Å²) in [6, 6.07) is 0.156. The zero-order valence-corrected chi connectivity index (χ0v) is 12.5. The van der Waals surface area contributed by atoms with Gasteiger partial charge in [-0.2, -0.15) is 11.8 Å². The summed E-state index contributed by atoms with van der Waals surface area (Å²) in [6.07, 6.45) is 4.88. The molecular weight excluding hydrogens is 264 g/mol. The van der Waals surface area contributed by atoms with E-state index >= 15 is 0 Å². The lowest BCUT2D eigenvalue weighted by Crippen LogP contribution is -2.48. The molecular formula is C13H24N2O3S. The number of carboxylic acid groups (broad SMARTS) is 1. The van der Waals surface area contributed by atoms with E-state index in [4.69, 9.17) is 5.11 Å². The first kappa shape index (κ1) is 16.1. The van der Waals surface area contributed by atoms with Gasteiger partial charge in [0.2, 0.25) is 0 Å². The van der Waals surface area contributed by atoms with Crippen molar-refractivity contribution >= 4 is 23.8 Å². The predicted molar refractivity (Wildman–Crippen MR) is 77.5 cm³/mol. The minimum Gasteiger partial charge on any atom is -0.481 e. The summed E-state index contributed by atoms with van der Waals surface area (Å²) in [5.74, 6) is 0.476. The fourth-order valence-corrected chi connectivity index (χ4v) is 2.99. The number of carboxylic acids is 1. The van der Waals surface area contributed by atoms with Gasteiger partial charge in [-0.1, -0.05) is 0 Å². The molecule has 0 aliphatic carbocycles. The number of urea groups is 1. The maximum absolute atomic E-state index is 12.1. The van der Waals surface area contributed by atoms with E-state index < -0.39 is 5.97 Å². The van der Waals surface area contributed by atoms with Crippen molar-refractivity contribution in [2.24, 2.45) is 5.92 Å². The first-order chi connectivity index (χ1) is 9.02. The molecule has 0 spiro atoms. The van der Waals surface area contributed by atoms with Crippen molar-refractivity contribution in [3.8, 4) is 0 Å². The first-order valence-corrected chi connectivity index (χ1v) is 8.18. The molecule has 2 N–H and O–H groups in total. The molecule has 1 rings (SSSR count). The van der Waals surface area contributed by atoms with Gasteiger partial charge in [0.15, 0.2) is 0 Å². The van der Waals surface area contributed by atoms with Crippen LogP contribution in [0.25, 0.3) is 0 Å². The Morgan fingerprint density at radius 2 is 2.26 bits per heavy atom. The predicted octanol–water partition coefficient (Wildman–Crippen LogP) is 2.02. The highest BCUT2D eigenvalue weighted by molar-refractivity contribution is 7.98. The van der Waals surface area contributed by atoms with E-state index in [9.17, 15) is 9.59 Å². The highest BCUT2D eigenvalue weighted by atomic mass is 32.2. The quantitative estimate of drug-likeness (QED) is 0.784. The minimum absolute atomic E-state index is 0.0124. The van der Waals surface area contributed by atoms with Gasteiger partial charge in [-0.3, -0.25) is 4.79 Å². The van der Waals surface area contributed by atoms with Crippen molar-refractivity contribution in [1.82, 2.24) is 10.2 Å². The van der Waals surface area contributed by atoms with E-state index in [0.29, 0.717) is 18.9 Å². The molecule has 1 aliphatic rings. The zero-order valence-electron chi connectivity index (χ0n) is 11.7. The number of likely N-dealkylation sites (tertiary alicyclic amines) is 1. The van der Waals surface area contributed by atoms with E-state index in [1.54, 1.807) is 11.8 Å². The number of thioether (sulfide) groups is 1. The standard InChI is InChI=1S/C13H24N2O3S/c1-10(9-19-2)14-13(18)15-7-3-4-11(8-15)5-6-12(16)17/h10-11H,3-9H2,1-2H3,(H,14,18)(H,16,17). The Labute approximate surface area is 119 Å². The Kier molecular flexibility index (Phi) is 7.05. The summed E-state index contributed by atoms with van der Waals surface area (Å²) in [5, 5.41) is 11.7. The van der Waals surface area contributed by atoms with Gasteiger partial charge < -0.3 is 15.3 Å². The largest absolute Gasteiger partial charge is 0.481 e. The number of nitrogens with zero attached hydrogens (tertiary/aromatic N) is 1. The van der Waals surface area contributed by atoms with Crippen molar-refractivity contribution in [3.63, 3.8) is 0 Å². The molecule has 0 saturated carbocycles. The Morgan fingerprint density at radius 1 is 1.53 bits per heavy atom. The molecule has 2 atom stereocenters. The Bertz CT molecular complexity index is 312. The number of nitrogens with one attached hydrogen (secondary N) is 1. The lowest BCUT2D eigenvalue weighted by atomic mass is 9.93. The number of aliphatic carboxylic acids is 1. The van der Waals surface area contributed by atoms with Gasteiger partial charge >= 0.3 is 12.0 Å². The molecule has 0 bridgehead atoms. The van der Waals surface area contributed by atoms with Crippen LogP contribution in [-0.4, -0.2) is 53.1 Å². The fraction of sp³-hybridized carbons (Fsp3) is 0.846. The summed E-state index contributed by atoms with van der Waals surface area (Å²) in [4.78, 5) is 24.5. The van der Waals surface area contributed by atoms with E-state index in [-0.39, 0.29) is 18.5 Å². The van der Waals surface area contributed by atoms with Crippen LogP contribution in [0.2, 0.25) is 0 Å². The maximum atomic E-state index is 12.1. The smallest absolute Gasteiger partial charge is 0.317 e. The van der Waals surface area contributed by atoms with Crippen molar-refractivity contribution < 1.29 is 14.7 Å². The molecule has 1 fully saturated rings. The SMILES string of the molecule is CSCC(C)NC(=O)N1CCCC(CCC(=O)O)C1. The summed E-state index contributed by atoms with van der Waals surface area (Å²) in [6.45, 7) is 3.47. The Morgan fingerprint density at radius 3 is 2.89 bits per heavy atom. The number of carbonyl (C=O) groups excluding carboxylic acids is 1. The second-order valence-electron chi connectivity index (χ2n) is 5.19. The normalized spacial score (nSPS) is 20.9. The number of hydrogen-bond donors (Lipinski definition) is 2. The summed E-state index contributed by atoms with van der Waals surface area (Å²) < 4.78 is 0. The molecule has 0 radical (unpaired) electrons. The maximum Gasteiger partial charge on any atom is 0.317 e. The minimum atomic E-state index is -0.754.